The van der Waals surface area contributed by atoms with Gasteiger partial charge in [0.2, 0.25) is 0 Å². The number of carbonyl (C=O) groups is 2. The molecule has 0 aliphatic carbocycles. The molecule has 0 unspecified atom stereocenters. The number of esters is 1. The highest BCUT2D eigenvalue weighted by molar-refractivity contribution is 6.33. The van der Waals surface area contributed by atoms with Crippen molar-refractivity contribution in [1.29, 1.82) is 0 Å². The first-order valence-electron chi connectivity index (χ1n) is 7.54. The molecular formula is C18H18ClNO4. The van der Waals surface area contributed by atoms with Crippen LogP contribution in [0.5, 0.6) is 5.75 Å². The minimum atomic E-state index is -0.419. The first-order chi connectivity index (χ1) is 11.6. The van der Waals surface area contributed by atoms with Crippen LogP contribution in [0, 0.1) is 0 Å². The van der Waals surface area contributed by atoms with Crippen LogP contribution in [-0.2, 0) is 9.53 Å². The van der Waals surface area contributed by atoms with E-state index in [4.69, 9.17) is 21.1 Å². The molecule has 2 aromatic rings. The standard InChI is InChI=1S/C18H18ClNO4/c1-2-11-23-17(21)12-24-14-9-7-13(8-10-14)18(22)20-16-6-4-3-5-15(16)19/h3-10H,2,11-12H2,1H3,(H,20,22). The Hall–Kier alpha value is -2.53. The highest BCUT2D eigenvalue weighted by Gasteiger charge is 2.09. The third-order valence-electron chi connectivity index (χ3n) is 3.06. The Morgan fingerprint density at radius 1 is 1.08 bits per heavy atom. The Morgan fingerprint density at radius 3 is 2.46 bits per heavy atom. The molecule has 2 aromatic carbocycles. The zero-order chi connectivity index (χ0) is 17.4. The molecule has 1 N–H and O–H groups in total. The number of hydrogen-bond donors (Lipinski definition) is 1. The summed E-state index contributed by atoms with van der Waals surface area (Å²) in [6, 6.07) is 13.5. The maximum Gasteiger partial charge on any atom is 0.344 e. The second kappa shape index (κ2) is 8.93. The predicted octanol–water partition coefficient (Wildman–Crippen LogP) is 3.92. The SMILES string of the molecule is CCCOC(=O)COc1ccc(C(=O)Nc2ccccc2Cl)cc1. The van der Waals surface area contributed by atoms with Gasteiger partial charge < -0.3 is 14.8 Å². The van der Waals surface area contributed by atoms with Gasteiger partial charge in [-0.05, 0) is 42.8 Å². The average Bonchev–Trinajstić information content (AvgIpc) is 2.60. The molecule has 2 rings (SSSR count). The molecule has 0 saturated heterocycles. The minimum Gasteiger partial charge on any atom is -0.482 e. The van der Waals surface area contributed by atoms with E-state index in [1.54, 1.807) is 48.5 Å². The molecule has 0 aliphatic rings. The summed E-state index contributed by atoms with van der Waals surface area (Å²) in [7, 11) is 0. The van der Waals surface area contributed by atoms with E-state index in [1.807, 2.05) is 6.92 Å². The van der Waals surface area contributed by atoms with E-state index in [9.17, 15) is 9.59 Å². The van der Waals surface area contributed by atoms with Crippen molar-refractivity contribution in [3.05, 3.63) is 59.1 Å². The molecule has 0 heterocycles. The van der Waals surface area contributed by atoms with Crippen molar-refractivity contribution in [2.45, 2.75) is 13.3 Å². The van der Waals surface area contributed by atoms with Crippen molar-refractivity contribution in [3.63, 3.8) is 0 Å². The van der Waals surface area contributed by atoms with Crippen molar-refractivity contribution >= 4 is 29.2 Å². The fourth-order valence-electron chi connectivity index (χ4n) is 1.86. The molecule has 0 bridgehead atoms. The number of anilines is 1. The summed E-state index contributed by atoms with van der Waals surface area (Å²) < 4.78 is 10.2. The first kappa shape index (κ1) is 17.8. The van der Waals surface area contributed by atoms with Gasteiger partial charge in [0.05, 0.1) is 17.3 Å². The van der Waals surface area contributed by atoms with E-state index in [2.05, 4.69) is 5.32 Å². The quantitative estimate of drug-likeness (QED) is 0.771. The average molecular weight is 348 g/mol. The number of halogens is 1. The number of benzene rings is 2. The van der Waals surface area contributed by atoms with Crippen molar-refractivity contribution in [2.75, 3.05) is 18.5 Å². The van der Waals surface area contributed by atoms with Crippen LogP contribution in [-0.4, -0.2) is 25.1 Å². The summed E-state index contributed by atoms with van der Waals surface area (Å²) in [5, 5.41) is 3.20. The lowest BCUT2D eigenvalue weighted by molar-refractivity contribution is -0.146. The number of hydrogen-bond acceptors (Lipinski definition) is 4. The Labute approximate surface area is 145 Å². The number of nitrogens with one attached hydrogen (secondary N) is 1. The highest BCUT2D eigenvalue weighted by Crippen LogP contribution is 2.21. The molecule has 0 saturated carbocycles. The third kappa shape index (κ3) is 5.28. The van der Waals surface area contributed by atoms with Gasteiger partial charge in [0.25, 0.3) is 5.91 Å². The van der Waals surface area contributed by atoms with Crippen LogP contribution in [0.2, 0.25) is 5.02 Å². The topological polar surface area (TPSA) is 64.6 Å². The van der Waals surface area contributed by atoms with Crippen LogP contribution >= 0.6 is 11.6 Å². The zero-order valence-electron chi connectivity index (χ0n) is 13.3. The Balaban J connectivity index is 1.90. The highest BCUT2D eigenvalue weighted by atomic mass is 35.5. The first-order valence-corrected chi connectivity index (χ1v) is 7.92. The summed E-state index contributed by atoms with van der Waals surface area (Å²) in [6.45, 7) is 2.13. The van der Waals surface area contributed by atoms with Crippen LogP contribution in [0.3, 0.4) is 0 Å². The molecule has 24 heavy (non-hydrogen) atoms. The monoisotopic (exact) mass is 347 g/mol. The van der Waals surface area contributed by atoms with Gasteiger partial charge in [-0.2, -0.15) is 0 Å². The summed E-state index contributed by atoms with van der Waals surface area (Å²) >= 11 is 6.01. The van der Waals surface area contributed by atoms with Crippen LogP contribution < -0.4 is 10.1 Å². The van der Waals surface area contributed by atoms with Crippen LogP contribution in [0.25, 0.3) is 0 Å². The van der Waals surface area contributed by atoms with E-state index >= 15 is 0 Å². The smallest absolute Gasteiger partial charge is 0.344 e. The summed E-state index contributed by atoms with van der Waals surface area (Å²) in [4.78, 5) is 23.5. The largest absolute Gasteiger partial charge is 0.482 e. The molecule has 0 atom stereocenters. The third-order valence-corrected chi connectivity index (χ3v) is 3.39. The second-order valence-corrected chi connectivity index (χ2v) is 5.37. The number of carbonyl (C=O) groups excluding carboxylic acids is 2. The Morgan fingerprint density at radius 2 is 1.79 bits per heavy atom. The van der Waals surface area contributed by atoms with Gasteiger partial charge in [-0.15, -0.1) is 0 Å². The molecule has 0 spiro atoms. The lowest BCUT2D eigenvalue weighted by Gasteiger charge is -2.09. The minimum absolute atomic E-state index is 0.162. The van der Waals surface area contributed by atoms with Gasteiger partial charge in [-0.1, -0.05) is 30.7 Å². The lowest BCUT2D eigenvalue weighted by Crippen LogP contribution is -2.15. The fraction of sp³-hybridized carbons (Fsp3) is 0.222. The molecule has 5 nitrogen and oxygen atoms in total. The molecule has 6 heteroatoms. The second-order valence-electron chi connectivity index (χ2n) is 4.97. The maximum atomic E-state index is 12.2. The number of amides is 1. The fourth-order valence-corrected chi connectivity index (χ4v) is 2.04. The van der Waals surface area contributed by atoms with Crippen molar-refractivity contribution in [1.82, 2.24) is 0 Å². The summed E-state index contributed by atoms with van der Waals surface area (Å²) in [5.41, 5.74) is 0.999. The van der Waals surface area contributed by atoms with Crippen molar-refractivity contribution in [2.24, 2.45) is 0 Å². The lowest BCUT2D eigenvalue weighted by atomic mass is 10.2. The van der Waals surface area contributed by atoms with Gasteiger partial charge in [-0.3, -0.25) is 4.79 Å². The van der Waals surface area contributed by atoms with E-state index in [0.717, 1.165) is 6.42 Å². The number of rotatable bonds is 7. The van der Waals surface area contributed by atoms with Crippen LogP contribution in [0.1, 0.15) is 23.7 Å². The van der Waals surface area contributed by atoms with E-state index in [1.165, 1.54) is 0 Å². The maximum absolute atomic E-state index is 12.2. The molecule has 1 amide bonds. The van der Waals surface area contributed by atoms with Crippen molar-refractivity contribution < 1.29 is 19.1 Å². The van der Waals surface area contributed by atoms with Gasteiger partial charge in [0.1, 0.15) is 5.75 Å². The molecule has 0 fully saturated rings. The van der Waals surface area contributed by atoms with Crippen LogP contribution in [0.15, 0.2) is 48.5 Å². The molecular weight excluding hydrogens is 330 g/mol. The van der Waals surface area contributed by atoms with E-state index in [0.29, 0.717) is 28.6 Å². The summed E-state index contributed by atoms with van der Waals surface area (Å²) in [5.74, 6) is -0.216. The van der Waals surface area contributed by atoms with Gasteiger partial charge >= 0.3 is 5.97 Å². The predicted molar refractivity (Wildman–Crippen MR) is 92.6 cm³/mol. The molecule has 126 valence electrons. The molecule has 0 radical (unpaired) electrons. The molecule has 0 aromatic heterocycles. The summed E-state index contributed by atoms with van der Waals surface area (Å²) in [6.07, 6.45) is 0.765. The zero-order valence-corrected chi connectivity index (χ0v) is 14.0. The number of para-hydroxylation sites is 1. The van der Waals surface area contributed by atoms with Gasteiger partial charge in [0, 0.05) is 5.56 Å². The van der Waals surface area contributed by atoms with Crippen molar-refractivity contribution in [3.8, 4) is 5.75 Å². The van der Waals surface area contributed by atoms with Crippen LogP contribution in [0.4, 0.5) is 5.69 Å². The molecule has 0 aliphatic heterocycles. The Kier molecular flexibility index (Phi) is 6.63. The van der Waals surface area contributed by atoms with E-state index in [-0.39, 0.29) is 12.5 Å². The van der Waals surface area contributed by atoms with E-state index < -0.39 is 5.97 Å². The van der Waals surface area contributed by atoms with Gasteiger partial charge in [0.15, 0.2) is 6.61 Å². The van der Waals surface area contributed by atoms with Gasteiger partial charge in [-0.25, -0.2) is 4.79 Å². The Bertz CT molecular complexity index is 700. The number of ether oxygens (including phenoxy) is 2. The normalized spacial score (nSPS) is 10.1.